The lowest BCUT2D eigenvalue weighted by molar-refractivity contribution is -0.145. The molecule has 0 radical (unpaired) electrons. The Morgan fingerprint density at radius 1 is 1.05 bits per heavy atom. The van der Waals surface area contributed by atoms with Crippen LogP contribution in [0, 0.1) is 0 Å². The number of carboxylic acids is 3. The summed E-state index contributed by atoms with van der Waals surface area (Å²) in [6, 6.07) is -1.80. The van der Waals surface area contributed by atoms with Gasteiger partial charge in [-0.05, 0) is 19.9 Å². The van der Waals surface area contributed by atoms with Crippen molar-refractivity contribution in [3.05, 3.63) is 0 Å². The van der Waals surface area contributed by atoms with E-state index in [9.17, 15) is 19.2 Å². The Kier molecular flexibility index (Phi) is 8.53. The number of rotatable bonds is 11. The molecule has 2 unspecified atom stereocenters. The highest BCUT2D eigenvalue weighted by Crippen LogP contribution is 2.06. The second kappa shape index (κ2) is 9.55. The Morgan fingerprint density at radius 2 is 1.64 bits per heavy atom. The van der Waals surface area contributed by atoms with Gasteiger partial charge in [-0.1, -0.05) is 0 Å². The quantitative estimate of drug-likeness (QED) is 0.345. The number of hydrogen-bond acceptors (Lipinski definition) is 5. The van der Waals surface area contributed by atoms with Gasteiger partial charge in [-0.2, -0.15) is 0 Å². The lowest BCUT2D eigenvalue weighted by atomic mass is 10.1. The minimum Gasteiger partial charge on any atom is -0.481 e. The molecule has 0 bridgehead atoms. The number of nitrogens with one attached hydrogen (secondary N) is 1. The molecular formula is C12H20N2O8. The first-order valence-corrected chi connectivity index (χ1v) is 6.54. The minimum absolute atomic E-state index is 0.0856. The molecule has 10 nitrogen and oxygen atoms in total. The first-order chi connectivity index (χ1) is 10.1. The lowest BCUT2D eigenvalue weighted by Crippen LogP contribution is -2.43. The first-order valence-electron chi connectivity index (χ1n) is 6.54. The summed E-state index contributed by atoms with van der Waals surface area (Å²) in [6.45, 7) is 1.47. The highest BCUT2D eigenvalue weighted by molar-refractivity contribution is 5.80. The average molecular weight is 320 g/mol. The van der Waals surface area contributed by atoms with E-state index in [0.717, 1.165) is 4.90 Å². The standard InChI is InChI=1S/C12H20N2O8/c1-7(14(12(21)22)5-3-9(15)16)2-4-13-8(11(19)20)6-10(17)18/h7-8,13H,2-6H2,1H3,(H,15,16)(H,17,18)(H,19,20)(H,21,22). The van der Waals surface area contributed by atoms with Gasteiger partial charge in [0.25, 0.3) is 0 Å². The van der Waals surface area contributed by atoms with E-state index in [-0.39, 0.29) is 25.9 Å². The van der Waals surface area contributed by atoms with E-state index in [0.29, 0.717) is 0 Å². The maximum absolute atomic E-state index is 11.0. The van der Waals surface area contributed by atoms with Crippen LogP contribution in [0.5, 0.6) is 0 Å². The summed E-state index contributed by atoms with van der Waals surface area (Å²) in [5.74, 6) is -3.69. The molecule has 0 heterocycles. The Hall–Kier alpha value is -2.36. The summed E-state index contributed by atoms with van der Waals surface area (Å²) in [5.41, 5.74) is 0. The van der Waals surface area contributed by atoms with Crippen molar-refractivity contribution in [1.82, 2.24) is 10.2 Å². The highest BCUT2D eigenvalue weighted by Gasteiger charge is 2.23. The summed E-state index contributed by atoms with van der Waals surface area (Å²) in [7, 11) is 0. The van der Waals surface area contributed by atoms with Crippen molar-refractivity contribution >= 4 is 24.0 Å². The number of amides is 1. The molecule has 0 fully saturated rings. The number of aliphatic carboxylic acids is 3. The van der Waals surface area contributed by atoms with Crippen LogP contribution in [0.1, 0.15) is 26.2 Å². The van der Waals surface area contributed by atoms with Gasteiger partial charge in [-0.25, -0.2) is 4.79 Å². The molecule has 0 aromatic carbocycles. The molecule has 0 aliphatic rings. The maximum Gasteiger partial charge on any atom is 0.407 e. The van der Waals surface area contributed by atoms with Crippen LogP contribution >= 0.6 is 0 Å². The molecular weight excluding hydrogens is 300 g/mol. The van der Waals surface area contributed by atoms with Crippen molar-refractivity contribution in [3.8, 4) is 0 Å². The van der Waals surface area contributed by atoms with E-state index in [1.165, 1.54) is 0 Å². The van der Waals surface area contributed by atoms with Gasteiger partial charge in [0.05, 0.1) is 12.8 Å². The zero-order valence-electron chi connectivity index (χ0n) is 12.1. The van der Waals surface area contributed by atoms with E-state index in [1.54, 1.807) is 6.92 Å². The van der Waals surface area contributed by atoms with Crippen molar-refractivity contribution in [3.63, 3.8) is 0 Å². The molecule has 0 aliphatic heterocycles. The Bertz CT molecular complexity index is 425. The van der Waals surface area contributed by atoms with Crippen molar-refractivity contribution < 1.29 is 39.6 Å². The fraction of sp³-hybridized carbons (Fsp3) is 0.667. The van der Waals surface area contributed by atoms with Crippen molar-refractivity contribution in [2.24, 2.45) is 0 Å². The van der Waals surface area contributed by atoms with Crippen LogP contribution in [0.3, 0.4) is 0 Å². The third kappa shape index (κ3) is 8.04. The molecule has 0 aromatic rings. The number of carbonyl (C=O) groups is 4. The van der Waals surface area contributed by atoms with Crippen LogP contribution in [0.25, 0.3) is 0 Å². The van der Waals surface area contributed by atoms with Gasteiger partial charge in [0.15, 0.2) is 0 Å². The number of nitrogens with zero attached hydrogens (tertiary/aromatic N) is 1. The molecule has 2 atom stereocenters. The summed E-state index contributed by atoms with van der Waals surface area (Å²) in [4.78, 5) is 43.8. The molecule has 126 valence electrons. The average Bonchev–Trinajstić information content (AvgIpc) is 2.36. The molecule has 22 heavy (non-hydrogen) atoms. The fourth-order valence-electron chi connectivity index (χ4n) is 1.76. The Balaban J connectivity index is 4.39. The van der Waals surface area contributed by atoms with Crippen LogP contribution in [0.15, 0.2) is 0 Å². The van der Waals surface area contributed by atoms with Gasteiger partial charge in [-0.3, -0.25) is 14.4 Å². The summed E-state index contributed by atoms with van der Waals surface area (Å²) < 4.78 is 0. The normalized spacial score (nSPS) is 13.1. The van der Waals surface area contributed by atoms with Crippen LogP contribution in [-0.2, 0) is 14.4 Å². The first kappa shape index (κ1) is 19.6. The second-order valence-electron chi connectivity index (χ2n) is 4.70. The van der Waals surface area contributed by atoms with E-state index >= 15 is 0 Å². The molecule has 0 saturated heterocycles. The molecule has 0 aliphatic carbocycles. The largest absolute Gasteiger partial charge is 0.481 e. The van der Waals surface area contributed by atoms with Gasteiger partial charge < -0.3 is 30.6 Å². The minimum atomic E-state index is -1.31. The van der Waals surface area contributed by atoms with Crippen LogP contribution in [-0.4, -0.2) is 74.5 Å². The van der Waals surface area contributed by atoms with E-state index in [4.69, 9.17) is 20.4 Å². The van der Waals surface area contributed by atoms with Crippen LogP contribution in [0.4, 0.5) is 4.79 Å². The van der Waals surface area contributed by atoms with Gasteiger partial charge in [0.2, 0.25) is 0 Å². The SMILES string of the molecule is CC(CCNC(CC(=O)O)C(=O)O)N(CCC(=O)O)C(=O)O. The zero-order valence-corrected chi connectivity index (χ0v) is 12.1. The number of carboxylic acid groups (broad SMARTS) is 4. The molecule has 0 rings (SSSR count). The van der Waals surface area contributed by atoms with Crippen molar-refractivity contribution in [1.29, 1.82) is 0 Å². The molecule has 10 heteroatoms. The van der Waals surface area contributed by atoms with E-state index < -0.39 is 42.5 Å². The molecule has 5 N–H and O–H groups in total. The molecule has 0 saturated carbocycles. The maximum atomic E-state index is 11.0. The van der Waals surface area contributed by atoms with Gasteiger partial charge in [0, 0.05) is 12.6 Å². The third-order valence-electron chi connectivity index (χ3n) is 2.97. The fourth-order valence-corrected chi connectivity index (χ4v) is 1.76. The summed E-state index contributed by atoms with van der Waals surface area (Å²) >= 11 is 0. The molecule has 1 amide bonds. The smallest absolute Gasteiger partial charge is 0.407 e. The second-order valence-corrected chi connectivity index (χ2v) is 4.70. The Labute approximate surface area is 126 Å². The van der Waals surface area contributed by atoms with Crippen LogP contribution < -0.4 is 5.32 Å². The van der Waals surface area contributed by atoms with Gasteiger partial charge in [0.1, 0.15) is 6.04 Å². The highest BCUT2D eigenvalue weighted by atomic mass is 16.4. The monoisotopic (exact) mass is 320 g/mol. The number of hydrogen-bond donors (Lipinski definition) is 5. The van der Waals surface area contributed by atoms with Crippen molar-refractivity contribution in [2.45, 2.75) is 38.3 Å². The van der Waals surface area contributed by atoms with Gasteiger partial charge in [-0.15, -0.1) is 0 Å². The third-order valence-corrected chi connectivity index (χ3v) is 2.97. The molecule has 0 spiro atoms. The molecule has 0 aromatic heterocycles. The topological polar surface area (TPSA) is 164 Å². The predicted octanol–water partition coefficient (Wildman–Crippen LogP) is -0.263. The van der Waals surface area contributed by atoms with Crippen LogP contribution in [0.2, 0.25) is 0 Å². The van der Waals surface area contributed by atoms with Crippen molar-refractivity contribution in [2.75, 3.05) is 13.1 Å². The lowest BCUT2D eigenvalue weighted by Gasteiger charge is -2.26. The summed E-state index contributed by atoms with van der Waals surface area (Å²) in [5, 5.41) is 37.5. The zero-order chi connectivity index (χ0) is 17.3. The van der Waals surface area contributed by atoms with E-state index in [2.05, 4.69) is 5.32 Å². The predicted molar refractivity (Wildman–Crippen MR) is 72.7 cm³/mol. The Morgan fingerprint density at radius 3 is 2.05 bits per heavy atom. The van der Waals surface area contributed by atoms with E-state index in [1.807, 2.05) is 0 Å². The van der Waals surface area contributed by atoms with Gasteiger partial charge >= 0.3 is 24.0 Å². The summed E-state index contributed by atoms with van der Waals surface area (Å²) in [6.07, 6.45) is -1.98.